The van der Waals surface area contributed by atoms with E-state index in [1.807, 2.05) is 39.2 Å². The van der Waals surface area contributed by atoms with Crippen molar-refractivity contribution >= 4 is 34.4 Å². The lowest BCUT2D eigenvalue weighted by Crippen LogP contribution is -2.50. The number of nitrogens with zero attached hydrogens (tertiary/aromatic N) is 6. The first-order valence-electron chi connectivity index (χ1n) is 17.2. The summed E-state index contributed by atoms with van der Waals surface area (Å²) in [4.78, 5) is 34.3. The van der Waals surface area contributed by atoms with Crippen molar-refractivity contribution in [2.45, 2.75) is 51.9 Å². The van der Waals surface area contributed by atoms with Crippen LogP contribution in [0.25, 0.3) is 39.0 Å². The quantitative estimate of drug-likeness (QED) is 0.181. The summed E-state index contributed by atoms with van der Waals surface area (Å²) in [5, 5.41) is 0.333. The minimum atomic E-state index is -0.583. The predicted molar refractivity (Wildman–Crippen MR) is 196 cm³/mol. The number of hydrogen-bond acceptors (Lipinski definition) is 7. The molecular formula is C38H42ClFN6O5. The Kier molecular flexibility index (Phi) is 9.32. The highest BCUT2D eigenvalue weighted by atomic mass is 35.5. The van der Waals surface area contributed by atoms with Gasteiger partial charge >= 0.3 is 11.8 Å². The standard InChI is InChI=1S/C38H42ClFN6O5/c1-38(2,3)51-37(48)44-14-12-43(13-15-44)31-19-25(20-32-34(31)41-23-46(32)33-8-6-7-17-50-33)28-22-26(40)21-27(35(28)49-5)24-9-10-30(29(39)18-24)45-16-11-42(4)36(45)47/h9-11,16,18-23,33H,6-8,12-15,17H2,1-5H3. The van der Waals surface area contributed by atoms with Crippen LogP contribution in [0.2, 0.25) is 5.02 Å². The Morgan fingerprint density at radius 2 is 1.73 bits per heavy atom. The molecular weight excluding hydrogens is 675 g/mol. The van der Waals surface area contributed by atoms with E-state index >= 15 is 4.39 Å². The fourth-order valence-corrected chi connectivity index (χ4v) is 7.17. The van der Waals surface area contributed by atoms with E-state index in [1.165, 1.54) is 21.3 Å². The summed E-state index contributed by atoms with van der Waals surface area (Å²) >= 11 is 6.74. The average Bonchev–Trinajstić information content (AvgIpc) is 3.69. The summed E-state index contributed by atoms with van der Waals surface area (Å²) in [6, 6.07) is 12.2. The monoisotopic (exact) mass is 716 g/mol. The predicted octanol–water partition coefficient (Wildman–Crippen LogP) is 7.42. The number of carbonyl (C=O) groups is 1. The number of hydrogen-bond donors (Lipinski definition) is 0. The number of anilines is 1. The summed E-state index contributed by atoms with van der Waals surface area (Å²) in [5.74, 6) is 0.0224. The molecule has 268 valence electrons. The molecule has 0 bridgehead atoms. The molecule has 1 atom stereocenters. The van der Waals surface area contributed by atoms with Gasteiger partial charge in [-0.3, -0.25) is 4.57 Å². The largest absolute Gasteiger partial charge is 0.495 e. The van der Waals surface area contributed by atoms with Crippen molar-refractivity contribution in [2.75, 3.05) is 44.8 Å². The van der Waals surface area contributed by atoms with Crippen LogP contribution >= 0.6 is 11.6 Å². The zero-order valence-corrected chi connectivity index (χ0v) is 30.2. The van der Waals surface area contributed by atoms with Gasteiger partial charge in [-0.15, -0.1) is 0 Å². The molecule has 51 heavy (non-hydrogen) atoms. The van der Waals surface area contributed by atoms with E-state index in [0.717, 1.165) is 41.5 Å². The van der Waals surface area contributed by atoms with Gasteiger partial charge in [0.25, 0.3) is 0 Å². The zero-order chi connectivity index (χ0) is 36.0. The number of methoxy groups -OCH3 is 1. The minimum Gasteiger partial charge on any atom is -0.495 e. The van der Waals surface area contributed by atoms with Crippen LogP contribution in [-0.2, 0) is 16.5 Å². The molecule has 13 heteroatoms. The average molecular weight is 717 g/mol. The summed E-state index contributed by atoms with van der Waals surface area (Å²) in [6.45, 7) is 8.33. The van der Waals surface area contributed by atoms with Gasteiger partial charge in [-0.25, -0.2) is 19.0 Å². The number of ether oxygens (including phenoxy) is 3. The second kappa shape index (κ2) is 13.7. The van der Waals surface area contributed by atoms with E-state index in [9.17, 15) is 9.59 Å². The van der Waals surface area contributed by atoms with Crippen molar-refractivity contribution in [3.63, 3.8) is 0 Å². The summed E-state index contributed by atoms with van der Waals surface area (Å²) in [6.07, 6.45) is 7.55. The van der Waals surface area contributed by atoms with E-state index < -0.39 is 11.4 Å². The number of halogens is 2. The van der Waals surface area contributed by atoms with Gasteiger partial charge in [-0.2, -0.15) is 0 Å². The molecule has 0 spiro atoms. The highest BCUT2D eigenvalue weighted by Gasteiger charge is 2.29. The smallest absolute Gasteiger partial charge is 0.410 e. The Balaban J connectivity index is 1.31. The fraction of sp³-hybridized carbons (Fsp3) is 0.395. The molecule has 1 amide bonds. The first-order valence-corrected chi connectivity index (χ1v) is 17.6. The van der Waals surface area contributed by atoms with Crippen LogP contribution in [0, 0.1) is 5.82 Å². The number of piperazine rings is 1. The maximum Gasteiger partial charge on any atom is 0.410 e. The lowest BCUT2D eigenvalue weighted by atomic mass is 9.95. The summed E-state index contributed by atoms with van der Waals surface area (Å²) in [5.41, 5.74) is 4.66. The highest BCUT2D eigenvalue weighted by Crippen LogP contribution is 2.44. The molecule has 0 aliphatic carbocycles. The second-order valence-corrected chi connectivity index (χ2v) is 14.5. The zero-order valence-electron chi connectivity index (χ0n) is 29.5. The summed E-state index contributed by atoms with van der Waals surface area (Å²) in [7, 11) is 3.23. The number of amides is 1. The Morgan fingerprint density at radius 3 is 2.35 bits per heavy atom. The molecule has 1 unspecified atom stereocenters. The van der Waals surface area contributed by atoms with Crippen LogP contribution in [0.4, 0.5) is 14.9 Å². The molecule has 7 rings (SSSR count). The van der Waals surface area contributed by atoms with Crippen molar-refractivity contribution in [3.05, 3.63) is 82.5 Å². The molecule has 2 saturated heterocycles. The Hall–Kier alpha value is -4.81. The number of rotatable bonds is 6. The van der Waals surface area contributed by atoms with Crippen molar-refractivity contribution < 1.29 is 23.4 Å². The number of aromatic nitrogens is 4. The van der Waals surface area contributed by atoms with E-state index in [-0.39, 0.29) is 18.0 Å². The molecule has 0 saturated carbocycles. The minimum absolute atomic E-state index is 0.168. The van der Waals surface area contributed by atoms with E-state index in [2.05, 4.69) is 9.47 Å². The van der Waals surface area contributed by atoms with Gasteiger partial charge in [0.15, 0.2) is 0 Å². The first-order chi connectivity index (χ1) is 24.4. The maximum absolute atomic E-state index is 15.7. The van der Waals surface area contributed by atoms with Gasteiger partial charge in [0.05, 0.1) is 35.4 Å². The molecule has 2 aromatic heterocycles. The van der Waals surface area contributed by atoms with Crippen LogP contribution in [0.3, 0.4) is 0 Å². The van der Waals surface area contributed by atoms with Crippen molar-refractivity contribution in [1.29, 1.82) is 0 Å². The number of carbonyl (C=O) groups excluding carboxylic acids is 1. The van der Waals surface area contributed by atoms with Gasteiger partial charge in [-0.1, -0.05) is 17.7 Å². The molecule has 2 aliphatic rings. The van der Waals surface area contributed by atoms with E-state index in [0.29, 0.717) is 65.9 Å². The lowest BCUT2D eigenvalue weighted by Gasteiger charge is -2.37. The van der Waals surface area contributed by atoms with E-state index in [4.69, 9.17) is 30.8 Å². The molecule has 2 aliphatic heterocycles. The van der Waals surface area contributed by atoms with Crippen LogP contribution in [0.15, 0.2) is 66.0 Å². The number of benzene rings is 3. The normalized spacial score (nSPS) is 16.9. The second-order valence-electron chi connectivity index (χ2n) is 14.1. The van der Waals surface area contributed by atoms with Crippen LogP contribution in [-0.4, -0.2) is 75.2 Å². The van der Waals surface area contributed by atoms with Crippen LogP contribution < -0.4 is 15.3 Å². The van der Waals surface area contributed by atoms with Gasteiger partial charge in [0.1, 0.15) is 28.9 Å². The van der Waals surface area contributed by atoms with Crippen LogP contribution in [0.1, 0.15) is 46.3 Å². The molecule has 5 aromatic rings. The van der Waals surface area contributed by atoms with Crippen molar-refractivity contribution in [1.82, 2.24) is 23.6 Å². The third-order valence-electron chi connectivity index (χ3n) is 9.43. The van der Waals surface area contributed by atoms with Gasteiger partial charge in [-0.05, 0) is 87.6 Å². The SMILES string of the molecule is COc1c(-c2ccc(-n3ccn(C)c3=O)c(Cl)c2)cc(F)cc1-c1cc(N2CCN(C(=O)OC(C)(C)C)CC2)c2ncn(C3CCCCO3)c2c1. The van der Waals surface area contributed by atoms with Gasteiger partial charge in [0, 0.05) is 63.4 Å². The Bertz CT molecular complexity index is 2150. The first kappa shape index (κ1) is 34.6. The number of aryl methyl sites for hydroxylation is 1. The summed E-state index contributed by atoms with van der Waals surface area (Å²) < 4.78 is 38.5. The molecule has 11 nitrogen and oxygen atoms in total. The maximum atomic E-state index is 15.7. The molecule has 0 radical (unpaired) electrons. The molecule has 4 heterocycles. The van der Waals surface area contributed by atoms with Crippen LogP contribution in [0.5, 0.6) is 5.75 Å². The molecule has 2 fully saturated rings. The highest BCUT2D eigenvalue weighted by molar-refractivity contribution is 6.32. The fourth-order valence-electron chi connectivity index (χ4n) is 6.90. The lowest BCUT2D eigenvalue weighted by molar-refractivity contribution is -0.0295. The molecule has 3 aromatic carbocycles. The van der Waals surface area contributed by atoms with Crippen molar-refractivity contribution in [3.8, 4) is 33.7 Å². The third kappa shape index (κ3) is 6.82. The number of fused-ring (bicyclic) bond motifs is 1. The molecule has 0 N–H and O–H groups in total. The Morgan fingerprint density at radius 1 is 0.980 bits per heavy atom. The topological polar surface area (TPSA) is 96.0 Å². The number of imidazole rings is 2. The van der Waals surface area contributed by atoms with Crippen molar-refractivity contribution in [2.24, 2.45) is 7.05 Å². The van der Waals surface area contributed by atoms with E-state index in [1.54, 1.807) is 49.7 Å². The Labute approximate surface area is 300 Å². The third-order valence-corrected chi connectivity index (χ3v) is 9.73. The van der Waals surface area contributed by atoms with Gasteiger partial charge in [0.2, 0.25) is 0 Å². The van der Waals surface area contributed by atoms with Gasteiger partial charge < -0.3 is 33.1 Å².